The lowest BCUT2D eigenvalue weighted by atomic mass is 10.1. The average molecular weight is 354 g/mol. The van der Waals surface area contributed by atoms with Gasteiger partial charge >= 0.3 is 0 Å². The van der Waals surface area contributed by atoms with E-state index < -0.39 is 0 Å². The SMILES string of the molecule is CNC(=O)CN1CCN(C(=O)c2cc(C)cc(Br)c2)CC1. The Kier molecular flexibility index (Phi) is 5.36. The monoisotopic (exact) mass is 353 g/mol. The highest BCUT2D eigenvalue weighted by Gasteiger charge is 2.23. The average Bonchev–Trinajstić information content (AvgIpc) is 2.46. The van der Waals surface area contributed by atoms with Gasteiger partial charge in [0.15, 0.2) is 0 Å². The van der Waals surface area contributed by atoms with Gasteiger partial charge in [-0.25, -0.2) is 0 Å². The van der Waals surface area contributed by atoms with Crippen LogP contribution >= 0.6 is 15.9 Å². The second kappa shape index (κ2) is 7.04. The molecule has 1 N–H and O–H groups in total. The molecule has 1 heterocycles. The van der Waals surface area contributed by atoms with Crippen molar-refractivity contribution < 1.29 is 9.59 Å². The molecule has 0 atom stereocenters. The number of amides is 2. The Morgan fingerprint density at radius 1 is 1.19 bits per heavy atom. The fourth-order valence-corrected chi connectivity index (χ4v) is 3.04. The molecule has 114 valence electrons. The summed E-state index contributed by atoms with van der Waals surface area (Å²) in [5.74, 6) is 0.0661. The van der Waals surface area contributed by atoms with E-state index in [1.54, 1.807) is 7.05 Å². The van der Waals surface area contributed by atoms with Crippen molar-refractivity contribution in [2.45, 2.75) is 6.92 Å². The zero-order chi connectivity index (χ0) is 15.4. The molecule has 1 saturated heterocycles. The summed E-state index contributed by atoms with van der Waals surface area (Å²) in [6.45, 7) is 5.14. The van der Waals surface area contributed by atoms with Crippen LogP contribution in [-0.2, 0) is 4.79 Å². The summed E-state index contributed by atoms with van der Waals surface area (Å²) in [4.78, 5) is 27.8. The summed E-state index contributed by atoms with van der Waals surface area (Å²) in [5.41, 5.74) is 1.77. The fourth-order valence-electron chi connectivity index (χ4n) is 2.43. The molecular weight excluding hydrogens is 334 g/mol. The van der Waals surface area contributed by atoms with E-state index in [1.807, 2.05) is 30.0 Å². The first-order valence-electron chi connectivity index (χ1n) is 6.99. The van der Waals surface area contributed by atoms with Crippen LogP contribution < -0.4 is 5.32 Å². The van der Waals surface area contributed by atoms with E-state index in [0.29, 0.717) is 25.2 Å². The highest BCUT2D eigenvalue weighted by atomic mass is 79.9. The Morgan fingerprint density at radius 2 is 1.86 bits per heavy atom. The summed E-state index contributed by atoms with van der Waals surface area (Å²) in [5, 5.41) is 2.62. The molecular formula is C15H20BrN3O2. The molecule has 5 nitrogen and oxygen atoms in total. The van der Waals surface area contributed by atoms with Gasteiger partial charge in [0.2, 0.25) is 5.91 Å². The molecule has 1 aliphatic rings. The molecule has 0 aliphatic carbocycles. The number of hydrogen-bond donors (Lipinski definition) is 1. The van der Waals surface area contributed by atoms with E-state index in [4.69, 9.17) is 0 Å². The van der Waals surface area contributed by atoms with Crippen LogP contribution in [0.15, 0.2) is 22.7 Å². The van der Waals surface area contributed by atoms with Crippen molar-refractivity contribution >= 4 is 27.7 Å². The number of hydrogen-bond acceptors (Lipinski definition) is 3. The molecule has 2 rings (SSSR count). The third kappa shape index (κ3) is 4.28. The van der Waals surface area contributed by atoms with E-state index >= 15 is 0 Å². The molecule has 1 fully saturated rings. The first-order chi connectivity index (χ1) is 9.99. The van der Waals surface area contributed by atoms with Gasteiger partial charge in [0, 0.05) is 43.3 Å². The maximum atomic E-state index is 12.5. The van der Waals surface area contributed by atoms with Crippen LogP contribution in [0.5, 0.6) is 0 Å². The maximum absolute atomic E-state index is 12.5. The van der Waals surface area contributed by atoms with Crippen LogP contribution in [0.2, 0.25) is 0 Å². The number of nitrogens with zero attached hydrogens (tertiary/aromatic N) is 2. The molecule has 6 heteroatoms. The van der Waals surface area contributed by atoms with E-state index in [0.717, 1.165) is 23.1 Å². The number of aryl methyl sites for hydroxylation is 1. The Morgan fingerprint density at radius 3 is 2.43 bits per heavy atom. The number of benzene rings is 1. The topological polar surface area (TPSA) is 52.7 Å². The van der Waals surface area contributed by atoms with Gasteiger partial charge in [-0.15, -0.1) is 0 Å². The van der Waals surface area contributed by atoms with Crippen LogP contribution in [0.4, 0.5) is 0 Å². The summed E-state index contributed by atoms with van der Waals surface area (Å²) < 4.78 is 0.920. The quantitative estimate of drug-likeness (QED) is 0.889. The molecule has 1 aromatic carbocycles. The third-order valence-electron chi connectivity index (χ3n) is 3.59. The fraction of sp³-hybridized carbons (Fsp3) is 0.467. The Labute approximate surface area is 133 Å². The van der Waals surface area contributed by atoms with Crippen LogP contribution in [0.25, 0.3) is 0 Å². The molecule has 0 radical (unpaired) electrons. The summed E-state index contributed by atoms with van der Waals surface area (Å²) in [7, 11) is 1.64. The van der Waals surface area contributed by atoms with E-state index in [9.17, 15) is 9.59 Å². The van der Waals surface area contributed by atoms with Crippen molar-refractivity contribution in [3.8, 4) is 0 Å². The Balaban J connectivity index is 1.95. The normalized spacial score (nSPS) is 15.9. The van der Waals surface area contributed by atoms with Crippen LogP contribution in [-0.4, -0.2) is 61.4 Å². The van der Waals surface area contributed by atoms with Gasteiger partial charge in [-0.2, -0.15) is 0 Å². The predicted octanol–water partition coefficient (Wildman–Crippen LogP) is 1.26. The highest BCUT2D eigenvalue weighted by molar-refractivity contribution is 9.10. The van der Waals surface area contributed by atoms with Crippen LogP contribution in [0.3, 0.4) is 0 Å². The van der Waals surface area contributed by atoms with Gasteiger partial charge in [0.05, 0.1) is 6.54 Å². The lowest BCUT2D eigenvalue weighted by Crippen LogP contribution is -2.50. The number of carbonyl (C=O) groups excluding carboxylic acids is 2. The second-order valence-electron chi connectivity index (χ2n) is 5.26. The molecule has 1 aliphatic heterocycles. The van der Waals surface area contributed by atoms with Gasteiger partial charge in [0.25, 0.3) is 5.91 Å². The molecule has 0 saturated carbocycles. The van der Waals surface area contributed by atoms with Gasteiger partial charge in [-0.05, 0) is 30.7 Å². The smallest absolute Gasteiger partial charge is 0.253 e. The molecule has 21 heavy (non-hydrogen) atoms. The highest BCUT2D eigenvalue weighted by Crippen LogP contribution is 2.17. The van der Waals surface area contributed by atoms with Crippen molar-refractivity contribution in [1.82, 2.24) is 15.1 Å². The summed E-state index contributed by atoms with van der Waals surface area (Å²) >= 11 is 3.43. The first kappa shape index (κ1) is 16.0. The van der Waals surface area contributed by atoms with Crippen molar-refractivity contribution in [2.24, 2.45) is 0 Å². The third-order valence-corrected chi connectivity index (χ3v) is 4.05. The van der Waals surface area contributed by atoms with Crippen LogP contribution in [0, 0.1) is 6.92 Å². The predicted molar refractivity (Wildman–Crippen MR) is 85.3 cm³/mol. The molecule has 0 bridgehead atoms. The lowest BCUT2D eigenvalue weighted by molar-refractivity contribution is -0.122. The molecule has 0 unspecified atom stereocenters. The van der Waals surface area contributed by atoms with E-state index in [1.165, 1.54) is 0 Å². The standard InChI is InChI=1S/C15H20BrN3O2/c1-11-7-12(9-13(16)8-11)15(21)19-5-3-18(4-6-19)10-14(20)17-2/h7-9H,3-6,10H2,1-2H3,(H,17,20). The van der Waals surface area contributed by atoms with Crippen molar-refractivity contribution in [1.29, 1.82) is 0 Å². The van der Waals surface area contributed by atoms with Crippen molar-refractivity contribution in [3.63, 3.8) is 0 Å². The Hall–Kier alpha value is -1.40. The Bertz CT molecular complexity index is 519. The number of carbonyl (C=O) groups is 2. The minimum Gasteiger partial charge on any atom is -0.358 e. The largest absolute Gasteiger partial charge is 0.358 e. The van der Waals surface area contributed by atoms with Crippen molar-refractivity contribution in [3.05, 3.63) is 33.8 Å². The number of halogens is 1. The zero-order valence-electron chi connectivity index (χ0n) is 12.4. The lowest BCUT2D eigenvalue weighted by Gasteiger charge is -2.34. The van der Waals surface area contributed by atoms with Crippen LogP contribution in [0.1, 0.15) is 15.9 Å². The number of likely N-dealkylation sites (N-methyl/N-ethyl adjacent to an activating group) is 1. The van der Waals surface area contributed by atoms with E-state index in [-0.39, 0.29) is 11.8 Å². The van der Waals surface area contributed by atoms with Gasteiger partial charge in [-0.1, -0.05) is 15.9 Å². The van der Waals surface area contributed by atoms with E-state index in [2.05, 4.69) is 26.1 Å². The van der Waals surface area contributed by atoms with Crippen molar-refractivity contribution in [2.75, 3.05) is 39.8 Å². The summed E-state index contributed by atoms with van der Waals surface area (Å²) in [6.07, 6.45) is 0. The molecule has 1 aromatic rings. The number of rotatable bonds is 3. The first-order valence-corrected chi connectivity index (χ1v) is 7.78. The number of nitrogens with one attached hydrogen (secondary N) is 1. The second-order valence-corrected chi connectivity index (χ2v) is 6.17. The molecule has 2 amide bonds. The number of piperazine rings is 1. The minimum absolute atomic E-state index is 0.0115. The van der Waals surface area contributed by atoms with Gasteiger partial charge in [-0.3, -0.25) is 14.5 Å². The van der Waals surface area contributed by atoms with Gasteiger partial charge < -0.3 is 10.2 Å². The maximum Gasteiger partial charge on any atom is 0.253 e. The molecule has 0 aromatic heterocycles. The molecule has 0 spiro atoms. The summed E-state index contributed by atoms with van der Waals surface area (Å²) in [6, 6.07) is 5.74. The zero-order valence-corrected chi connectivity index (χ0v) is 13.9. The van der Waals surface area contributed by atoms with Gasteiger partial charge in [0.1, 0.15) is 0 Å². The minimum atomic E-state index is 0.0115.